The van der Waals surface area contributed by atoms with Gasteiger partial charge in [0, 0.05) is 33.6 Å². The molecule has 0 unspecified atom stereocenters. The van der Waals surface area contributed by atoms with Gasteiger partial charge in [0.15, 0.2) is 24.5 Å². The van der Waals surface area contributed by atoms with E-state index in [0.717, 1.165) is 27.7 Å². The Bertz CT molecular complexity index is 735. The average Bonchev–Trinajstić information content (AvgIpc) is 2.67. The van der Waals surface area contributed by atoms with Crippen LogP contribution >= 0.6 is 11.6 Å². The lowest BCUT2D eigenvalue weighted by molar-refractivity contribution is -0.255. The lowest BCUT2D eigenvalue weighted by Crippen LogP contribution is -2.66. The summed E-state index contributed by atoms with van der Waals surface area (Å²) < 4.78 is 26.1. The van der Waals surface area contributed by atoms with Gasteiger partial charge in [0.2, 0.25) is 0 Å². The van der Waals surface area contributed by atoms with Gasteiger partial charge in [-0.3, -0.25) is 19.2 Å². The number of esters is 4. The first-order valence-electron chi connectivity index (χ1n) is 9.27. The molecule has 0 radical (unpaired) electrons. The molecule has 1 rings (SSSR count). The van der Waals surface area contributed by atoms with Crippen LogP contribution in [0.5, 0.6) is 0 Å². The van der Waals surface area contributed by atoms with Crippen molar-refractivity contribution in [2.24, 2.45) is 5.29 Å². The molecule has 1 aliphatic rings. The topological polar surface area (TPSA) is 176 Å². The summed E-state index contributed by atoms with van der Waals surface area (Å²) >= 11 is 5.53. The number of urea groups is 1. The highest BCUT2D eigenvalue weighted by Crippen LogP contribution is 2.28. The van der Waals surface area contributed by atoms with Crippen LogP contribution in [0.2, 0.25) is 0 Å². The summed E-state index contributed by atoms with van der Waals surface area (Å²) in [6, 6.07) is -1.07. The molecule has 0 aliphatic carbocycles. The first-order chi connectivity index (χ1) is 15.0. The first kappa shape index (κ1) is 27.0. The smallest absolute Gasteiger partial charge is 0.342 e. The van der Waals surface area contributed by atoms with Crippen LogP contribution < -0.4 is 5.32 Å². The summed E-state index contributed by atoms with van der Waals surface area (Å²) in [5, 5.41) is 5.24. The number of alkyl halides is 1. The fraction of sp³-hybridized carbons (Fsp3) is 0.706. The van der Waals surface area contributed by atoms with Crippen molar-refractivity contribution in [3.63, 3.8) is 0 Å². The van der Waals surface area contributed by atoms with E-state index in [9.17, 15) is 28.9 Å². The van der Waals surface area contributed by atoms with Crippen LogP contribution in [-0.4, -0.2) is 84.6 Å². The lowest BCUT2D eigenvalue weighted by Gasteiger charge is -2.44. The van der Waals surface area contributed by atoms with Crippen LogP contribution in [-0.2, 0) is 42.9 Å². The molecule has 1 aliphatic heterocycles. The van der Waals surface area contributed by atoms with Crippen molar-refractivity contribution in [2.45, 2.75) is 58.3 Å². The van der Waals surface area contributed by atoms with Gasteiger partial charge in [-0.2, -0.15) is 5.01 Å². The number of ether oxygens (including phenoxy) is 5. The van der Waals surface area contributed by atoms with E-state index in [1.165, 1.54) is 0 Å². The highest BCUT2D eigenvalue weighted by molar-refractivity contribution is 6.18. The van der Waals surface area contributed by atoms with E-state index in [0.29, 0.717) is 5.01 Å². The molecule has 0 bridgehead atoms. The summed E-state index contributed by atoms with van der Waals surface area (Å²) in [4.78, 5) is 69.6. The zero-order valence-electron chi connectivity index (χ0n) is 17.8. The Morgan fingerprint density at radius 1 is 0.906 bits per heavy atom. The molecule has 180 valence electrons. The predicted molar refractivity (Wildman–Crippen MR) is 104 cm³/mol. The molecule has 0 aromatic rings. The van der Waals surface area contributed by atoms with Crippen LogP contribution in [0.3, 0.4) is 0 Å². The Balaban J connectivity index is 3.36. The summed E-state index contributed by atoms with van der Waals surface area (Å²) in [7, 11) is 0. The fourth-order valence-corrected chi connectivity index (χ4v) is 2.96. The second-order valence-corrected chi connectivity index (χ2v) is 6.84. The molecule has 15 heteroatoms. The fourth-order valence-electron chi connectivity index (χ4n) is 2.80. The maximum absolute atomic E-state index is 12.4. The number of hydrogen-bond donors (Lipinski definition) is 1. The molecule has 0 saturated carbocycles. The van der Waals surface area contributed by atoms with Gasteiger partial charge in [-0.25, -0.2) is 4.79 Å². The molecular formula is C17H24ClN3O11. The number of nitroso groups, excluding NO2 is 1. The van der Waals surface area contributed by atoms with Crippen molar-refractivity contribution in [2.75, 3.05) is 19.0 Å². The highest BCUT2D eigenvalue weighted by atomic mass is 35.5. The molecule has 0 aromatic heterocycles. The van der Waals surface area contributed by atoms with Gasteiger partial charge in [0.05, 0.1) is 11.8 Å². The number of carbonyl (C=O) groups excluding carboxylic acids is 5. The first-order valence-corrected chi connectivity index (χ1v) is 9.81. The minimum Gasteiger partial charge on any atom is -0.463 e. The molecule has 32 heavy (non-hydrogen) atoms. The number of rotatable bonds is 9. The average molecular weight is 482 g/mol. The van der Waals surface area contributed by atoms with E-state index in [2.05, 4.69) is 10.6 Å². The van der Waals surface area contributed by atoms with Gasteiger partial charge >= 0.3 is 29.9 Å². The SMILES string of the molecule is CC(=O)OC[C@H]1O[C@@H](NC(=O)N(CCCl)N=O)[C@H](OC(C)=O)[C@@H](OC(C)=O)[C@@H]1OC(C)=O. The number of halogens is 1. The summed E-state index contributed by atoms with van der Waals surface area (Å²) in [6.45, 7) is 3.57. The highest BCUT2D eigenvalue weighted by Gasteiger charge is 2.52. The molecular weight excluding hydrogens is 458 g/mol. The molecule has 1 N–H and O–H groups in total. The van der Waals surface area contributed by atoms with Gasteiger partial charge in [-0.1, -0.05) is 0 Å². The second kappa shape index (κ2) is 12.8. The Morgan fingerprint density at radius 2 is 1.44 bits per heavy atom. The number of nitrogens with one attached hydrogen (secondary N) is 1. The van der Waals surface area contributed by atoms with E-state index in [1.807, 2.05) is 0 Å². The van der Waals surface area contributed by atoms with Crippen molar-refractivity contribution in [3.8, 4) is 0 Å². The van der Waals surface area contributed by atoms with E-state index in [1.54, 1.807) is 0 Å². The van der Waals surface area contributed by atoms with Crippen LogP contribution in [0.1, 0.15) is 27.7 Å². The number of amides is 2. The maximum Gasteiger partial charge on any atom is 0.342 e. The Morgan fingerprint density at radius 3 is 1.91 bits per heavy atom. The zero-order chi connectivity index (χ0) is 24.4. The largest absolute Gasteiger partial charge is 0.463 e. The third kappa shape index (κ3) is 8.26. The summed E-state index contributed by atoms with van der Waals surface area (Å²) in [5.41, 5.74) is 0. The van der Waals surface area contributed by atoms with E-state index < -0.39 is 67.2 Å². The van der Waals surface area contributed by atoms with Gasteiger partial charge < -0.3 is 29.0 Å². The second-order valence-electron chi connectivity index (χ2n) is 6.46. The Labute approximate surface area is 187 Å². The minimum atomic E-state index is -1.53. The maximum atomic E-state index is 12.4. The molecule has 2 amide bonds. The van der Waals surface area contributed by atoms with Gasteiger partial charge in [0.25, 0.3) is 0 Å². The Kier molecular flexibility index (Phi) is 10.8. The van der Waals surface area contributed by atoms with E-state index in [4.69, 9.17) is 35.3 Å². The predicted octanol–water partition coefficient (Wildman–Crippen LogP) is 0.00130. The third-order valence-corrected chi connectivity index (χ3v) is 4.05. The van der Waals surface area contributed by atoms with Crippen molar-refractivity contribution in [1.82, 2.24) is 10.3 Å². The number of nitrogens with zero attached hydrogens (tertiary/aromatic N) is 2. The van der Waals surface area contributed by atoms with Crippen molar-refractivity contribution in [3.05, 3.63) is 4.91 Å². The lowest BCUT2D eigenvalue weighted by atomic mass is 9.97. The summed E-state index contributed by atoms with van der Waals surface area (Å²) in [6.07, 6.45) is -7.14. The standard InChI is InChI=1S/C17H24ClN3O11/c1-8(22)28-7-12-13(29-9(2)23)14(30-10(3)24)15(31-11(4)25)16(32-12)19-17(26)21(20-27)6-5-18/h12-16H,5-7H2,1-4H3,(H,19,26)/t12-,13-,14+,15-,16-/m1/s1. The summed E-state index contributed by atoms with van der Waals surface area (Å²) in [5.74, 6) is -3.29. The van der Waals surface area contributed by atoms with Gasteiger partial charge in [-0.15, -0.1) is 16.5 Å². The number of hydrogen-bond acceptors (Lipinski definition) is 12. The third-order valence-electron chi connectivity index (χ3n) is 3.89. The van der Waals surface area contributed by atoms with Crippen molar-refractivity contribution in [1.29, 1.82) is 0 Å². The molecule has 14 nitrogen and oxygen atoms in total. The van der Waals surface area contributed by atoms with Crippen molar-refractivity contribution < 1.29 is 47.7 Å². The van der Waals surface area contributed by atoms with Crippen LogP contribution in [0.25, 0.3) is 0 Å². The minimum absolute atomic E-state index is 0.113. The van der Waals surface area contributed by atoms with Crippen molar-refractivity contribution >= 4 is 41.5 Å². The van der Waals surface area contributed by atoms with Crippen LogP contribution in [0.15, 0.2) is 5.29 Å². The monoisotopic (exact) mass is 481 g/mol. The molecule has 0 aromatic carbocycles. The van der Waals surface area contributed by atoms with E-state index >= 15 is 0 Å². The van der Waals surface area contributed by atoms with Gasteiger partial charge in [-0.05, 0) is 0 Å². The molecule has 1 heterocycles. The molecule has 5 atom stereocenters. The van der Waals surface area contributed by atoms with Gasteiger partial charge in [0.1, 0.15) is 12.7 Å². The molecule has 1 saturated heterocycles. The van der Waals surface area contributed by atoms with Crippen LogP contribution in [0.4, 0.5) is 4.79 Å². The normalized spacial score (nSPS) is 24.5. The molecule has 0 spiro atoms. The number of carbonyl (C=O) groups is 5. The molecule has 1 fully saturated rings. The zero-order valence-corrected chi connectivity index (χ0v) is 18.5. The van der Waals surface area contributed by atoms with E-state index in [-0.39, 0.29) is 12.4 Å². The van der Waals surface area contributed by atoms with Crippen LogP contribution in [0, 0.1) is 4.91 Å². The quantitative estimate of drug-likeness (QED) is 0.154. The Hall–Kier alpha value is -3.00.